The number of hydrogen-bond donors (Lipinski definition) is 3. The molecule has 8 heteroatoms. The first-order chi connectivity index (χ1) is 19.0. The first-order valence-corrected chi connectivity index (χ1v) is 13.4. The van der Waals surface area contributed by atoms with E-state index in [1.165, 1.54) is 0 Å². The molecule has 0 bridgehead atoms. The highest BCUT2D eigenvalue weighted by Gasteiger charge is 2.31. The maximum Gasteiger partial charge on any atom is 0.210 e. The highest BCUT2D eigenvalue weighted by atomic mass is 16.5. The molecule has 3 aromatic carbocycles. The lowest BCUT2D eigenvalue weighted by atomic mass is 10.0. The van der Waals surface area contributed by atoms with Crippen LogP contribution in [0.4, 0.5) is 5.69 Å². The summed E-state index contributed by atoms with van der Waals surface area (Å²) in [6.45, 7) is 10.4. The van der Waals surface area contributed by atoms with Gasteiger partial charge in [-0.25, -0.2) is 4.99 Å². The summed E-state index contributed by atoms with van der Waals surface area (Å²) in [5.41, 5.74) is 10.3. The van der Waals surface area contributed by atoms with Gasteiger partial charge in [-0.2, -0.15) is 0 Å². The number of nitrogens with two attached hydrogens (primary N) is 1. The maximum atomic E-state index is 6.84. The molecular formula is C31H39N5O3. The number of nitrogens with zero attached hydrogens (tertiary/aromatic N) is 2. The summed E-state index contributed by atoms with van der Waals surface area (Å²) in [6, 6.07) is 23.4. The molecule has 0 spiro atoms. The smallest absolute Gasteiger partial charge is 0.210 e. The minimum Gasteiger partial charge on any atom is -0.495 e. The lowest BCUT2D eigenvalue weighted by Crippen LogP contribution is -2.51. The van der Waals surface area contributed by atoms with E-state index in [0.29, 0.717) is 24.8 Å². The van der Waals surface area contributed by atoms with Crippen molar-refractivity contribution in [2.75, 3.05) is 45.3 Å². The lowest BCUT2D eigenvalue weighted by Gasteiger charge is -2.34. The van der Waals surface area contributed by atoms with Gasteiger partial charge in [0, 0.05) is 23.9 Å². The molecule has 0 aromatic heterocycles. The number of rotatable bonds is 13. The monoisotopic (exact) mass is 529 g/mol. The molecule has 0 radical (unpaired) electrons. The Labute approximate surface area is 231 Å². The molecule has 0 aliphatic carbocycles. The zero-order valence-electron chi connectivity index (χ0n) is 23.2. The standard InChI is InChI=1S/C31H39N5O3/c1-5-36(6-2)20-21-39-26-18-14-24(15-19-26)31(32)33-22-27(23-12-16-25(17-13-23)38-7-3)30(35-31)34-28-10-8-9-11-29(28)37-4/h8-19,22,34-35H,5-7,20-21,32H2,1-4H3. The summed E-state index contributed by atoms with van der Waals surface area (Å²) in [7, 11) is 1.65. The topological polar surface area (TPSA) is 93.4 Å². The normalized spacial score (nSPS) is 16.7. The van der Waals surface area contributed by atoms with Crippen LogP contribution < -0.4 is 30.6 Å². The van der Waals surface area contributed by atoms with E-state index in [9.17, 15) is 0 Å². The van der Waals surface area contributed by atoms with Gasteiger partial charge in [0.2, 0.25) is 5.79 Å². The number of anilines is 1. The van der Waals surface area contributed by atoms with Crippen molar-refractivity contribution >= 4 is 17.5 Å². The Morgan fingerprint density at radius 1 is 0.897 bits per heavy atom. The molecule has 1 atom stereocenters. The van der Waals surface area contributed by atoms with Crippen molar-refractivity contribution in [3.05, 3.63) is 89.7 Å². The number of allylic oxidation sites excluding steroid dienone is 1. The average Bonchev–Trinajstić information content (AvgIpc) is 2.97. The zero-order valence-corrected chi connectivity index (χ0v) is 23.2. The second kappa shape index (κ2) is 13.2. The summed E-state index contributed by atoms with van der Waals surface area (Å²) in [5, 5.41) is 6.93. The molecule has 1 unspecified atom stereocenters. The zero-order chi connectivity index (χ0) is 27.7. The maximum absolute atomic E-state index is 6.84. The molecule has 0 fully saturated rings. The molecule has 39 heavy (non-hydrogen) atoms. The summed E-state index contributed by atoms with van der Waals surface area (Å²) < 4.78 is 17.1. The van der Waals surface area contributed by atoms with Gasteiger partial charge < -0.3 is 29.7 Å². The molecular weight excluding hydrogens is 490 g/mol. The molecule has 3 aromatic rings. The summed E-state index contributed by atoms with van der Waals surface area (Å²) in [4.78, 5) is 7.08. The van der Waals surface area contributed by atoms with E-state index in [-0.39, 0.29) is 0 Å². The van der Waals surface area contributed by atoms with Gasteiger partial charge in [0.15, 0.2) is 0 Å². The first kappa shape index (κ1) is 28.0. The van der Waals surface area contributed by atoms with Crippen LogP contribution in [-0.2, 0) is 5.79 Å². The van der Waals surface area contributed by atoms with Gasteiger partial charge in [-0.3, -0.25) is 5.73 Å². The Kier molecular flexibility index (Phi) is 9.46. The van der Waals surface area contributed by atoms with E-state index in [4.69, 9.17) is 24.9 Å². The molecule has 1 aliphatic heterocycles. The van der Waals surface area contributed by atoms with Crippen molar-refractivity contribution < 1.29 is 14.2 Å². The minimum atomic E-state index is -1.18. The average molecular weight is 530 g/mol. The van der Waals surface area contributed by atoms with E-state index < -0.39 is 5.79 Å². The van der Waals surface area contributed by atoms with Crippen LogP contribution in [0, 0.1) is 0 Å². The Morgan fingerprint density at radius 3 is 2.23 bits per heavy atom. The summed E-state index contributed by atoms with van der Waals surface area (Å²) in [5.74, 6) is 1.86. The van der Waals surface area contributed by atoms with Gasteiger partial charge in [0.1, 0.15) is 29.7 Å². The van der Waals surface area contributed by atoms with E-state index in [1.54, 1.807) is 13.3 Å². The number of methoxy groups -OCH3 is 1. The molecule has 4 N–H and O–H groups in total. The van der Waals surface area contributed by atoms with Crippen LogP contribution in [0.2, 0.25) is 0 Å². The third-order valence-electron chi connectivity index (χ3n) is 6.69. The van der Waals surface area contributed by atoms with Crippen molar-refractivity contribution in [1.29, 1.82) is 0 Å². The molecule has 0 saturated heterocycles. The number of nitrogens with one attached hydrogen (secondary N) is 2. The minimum absolute atomic E-state index is 0.612. The Balaban J connectivity index is 1.59. The number of hydrogen-bond acceptors (Lipinski definition) is 8. The number of para-hydroxylation sites is 2. The molecule has 0 amide bonds. The van der Waals surface area contributed by atoms with Crippen LogP contribution in [0.25, 0.3) is 5.57 Å². The van der Waals surface area contributed by atoms with Crippen LogP contribution in [-0.4, -0.2) is 51.1 Å². The summed E-state index contributed by atoms with van der Waals surface area (Å²) >= 11 is 0. The fourth-order valence-corrected chi connectivity index (χ4v) is 4.40. The number of likely N-dealkylation sites (N-methyl/N-ethyl adjacent to an activating group) is 1. The summed E-state index contributed by atoms with van der Waals surface area (Å²) in [6.07, 6.45) is 1.80. The predicted octanol–water partition coefficient (Wildman–Crippen LogP) is 5.04. The van der Waals surface area contributed by atoms with Crippen molar-refractivity contribution in [2.45, 2.75) is 26.6 Å². The Hall–Kier alpha value is -4.01. The third kappa shape index (κ3) is 6.90. The third-order valence-corrected chi connectivity index (χ3v) is 6.69. The van der Waals surface area contributed by atoms with Crippen molar-refractivity contribution in [3.8, 4) is 17.2 Å². The number of benzene rings is 3. The van der Waals surface area contributed by atoms with E-state index in [2.05, 4.69) is 29.4 Å². The largest absolute Gasteiger partial charge is 0.495 e. The van der Waals surface area contributed by atoms with Gasteiger partial charge in [0.25, 0.3) is 0 Å². The van der Waals surface area contributed by atoms with Crippen LogP contribution >= 0.6 is 0 Å². The molecule has 8 nitrogen and oxygen atoms in total. The van der Waals surface area contributed by atoms with Crippen LogP contribution in [0.1, 0.15) is 31.9 Å². The van der Waals surface area contributed by atoms with Gasteiger partial charge in [-0.15, -0.1) is 0 Å². The molecule has 0 saturated carbocycles. The van der Waals surface area contributed by atoms with E-state index >= 15 is 0 Å². The fraction of sp³-hybridized carbons (Fsp3) is 0.323. The van der Waals surface area contributed by atoms with Crippen LogP contribution in [0.3, 0.4) is 0 Å². The highest BCUT2D eigenvalue weighted by Crippen LogP contribution is 2.32. The van der Waals surface area contributed by atoms with Gasteiger partial charge in [-0.1, -0.05) is 38.1 Å². The molecule has 1 aliphatic rings. The lowest BCUT2D eigenvalue weighted by molar-refractivity contribution is 0.222. The van der Waals surface area contributed by atoms with Gasteiger partial charge in [-0.05, 0) is 74.1 Å². The van der Waals surface area contributed by atoms with Crippen LogP contribution in [0.5, 0.6) is 17.2 Å². The van der Waals surface area contributed by atoms with Crippen molar-refractivity contribution in [3.63, 3.8) is 0 Å². The molecule has 206 valence electrons. The Bertz CT molecular complexity index is 1270. The number of aliphatic imine (C=N–C) groups is 1. The molecule has 1 heterocycles. The van der Waals surface area contributed by atoms with Gasteiger partial charge in [0.05, 0.1) is 19.4 Å². The quantitative estimate of drug-likeness (QED) is 0.286. The van der Waals surface area contributed by atoms with E-state index in [0.717, 1.165) is 53.5 Å². The van der Waals surface area contributed by atoms with Crippen LogP contribution in [0.15, 0.2) is 83.6 Å². The second-order valence-corrected chi connectivity index (χ2v) is 9.12. The van der Waals surface area contributed by atoms with Gasteiger partial charge >= 0.3 is 0 Å². The number of ether oxygens (including phenoxy) is 3. The highest BCUT2D eigenvalue weighted by molar-refractivity contribution is 6.12. The Morgan fingerprint density at radius 2 is 1.56 bits per heavy atom. The predicted molar refractivity (Wildman–Crippen MR) is 158 cm³/mol. The first-order valence-electron chi connectivity index (χ1n) is 13.4. The fourth-order valence-electron chi connectivity index (χ4n) is 4.40. The van der Waals surface area contributed by atoms with Crippen molar-refractivity contribution in [2.24, 2.45) is 10.7 Å². The van der Waals surface area contributed by atoms with E-state index in [1.807, 2.05) is 79.7 Å². The molecule has 4 rings (SSSR count). The second-order valence-electron chi connectivity index (χ2n) is 9.12. The van der Waals surface area contributed by atoms with Crippen molar-refractivity contribution in [1.82, 2.24) is 10.2 Å². The SMILES string of the molecule is CCOc1ccc(C2=C(Nc3ccccc3OC)NC(N)(c3ccc(OCCN(CC)CC)cc3)N=C2)cc1.